The molecule has 7 nitrogen and oxygen atoms in total. The average molecular weight is 383 g/mol. The maximum atomic E-state index is 11.8. The average Bonchev–Trinajstić information content (AvgIpc) is 2.60. The predicted octanol–water partition coefficient (Wildman–Crippen LogP) is 2.32. The Kier molecular flexibility index (Phi) is 6.21. The van der Waals surface area contributed by atoms with E-state index in [4.69, 9.17) is 27.9 Å². The highest BCUT2D eigenvalue weighted by atomic mass is 35.5. The molecule has 2 aromatic rings. The normalized spacial score (nSPS) is 10.0. The molecule has 0 atom stereocenters. The Bertz CT molecular complexity index is 809. The lowest BCUT2D eigenvalue weighted by Gasteiger charge is -2.09. The molecule has 0 aromatic heterocycles. The van der Waals surface area contributed by atoms with Crippen molar-refractivity contribution in [2.75, 3.05) is 6.61 Å². The molecule has 0 fully saturated rings. The second-order valence-electron chi connectivity index (χ2n) is 4.75. The van der Waals surface area contributed by atoms with Gasteiger partial charge in [0.1, 0.15) is 11.3 Å². The molecule has 0 unspecified atom stereocenters. The van der Waals surface area contributed by atoms with Gasteiger partial charge in [-0.15, -0.1) is 0 Å². The van der Waals surface area contributed by atoms with Gasteiger partial charge in [-0.1, -0.05) is 23.2 Å². The number of carbonyl (C=O) groups is 3. The van der Waals surface area contributed by atoms with Gasteiger partial charge in [0.2, 0.25) is 0 Å². The number of rotatable bonds is 4. The summed E-state index contributed by atoms with van der Waals surface area (Å²) in [6.45, 7) is -0.661. The van der Waals surface area contributed by atoms with Crippen molar-refractivity contribution < 1.29 is 24.2 Å². The van der Waals surface area contributed by atoms with E-state index in [9.17, 15) is 19.5 Å². The van der Waals surface area contributed by atoms with Crippen LogP contribution in [0.4, 0.5) is 0 Å². The smallest absolute Gasteiger partial charge is 0.342 e. The fraction of sp³-hybridized carbons (Fsp3) is 0.0625. The number of esters is 1. The number of ether oxygens (including phenoxy) is 1. The zero-order valence-corrected chi connectivity index (χ0v) is 14.1. The number of phenolic OH excluding ortho intramolecular Hbond substituents is 1. The molecule has 0 aliphatic heterocycles. The number of amides is 2. The number of benzene rings is 2. The summed E-state index contributed by atoms with van der Waals surface area (Å²) in [7, 11) is 0. The van der Waals surface area contributed by atoms with Crippen LogP contribution in [0.1, 0.15) is 20.7 Å². The number of nitrogens with one attached hydrogen (secondary N) is 2. The molecule has 0 saturated carbocycles. The summed E-state index contributed by atoms with van der Waals surface area (Å²) in [5.41, 5.74) is 4.36. The van der Waals surface area contributed by atoms with Gasteiger partial charge in [-0.3, -0.25) is 20.4 Å². The first-order valence-corrected chi connectivity index (χ1v) is 7.63. The highest BCUT2D eigenvalue weighted by molar-refractivity contribution is 6.31. The van der Waals surface area contributed by atoms with Gasteiger partial charge in [-0.05, 0) is 42.5 Å². The highest BCUT2D eigenvalue weighted by Crippen LogP contribution is 2.22. The molecule has 0 spiro atoms. The summed E-state index contributed by atoms with van der Waals surface area (Å²) >= 11 is 11.4. The van der Waals surface area contributed by atoms with Gasteiger partial charge in [0.15, 0.2) is 6.61 Å². The minimum absolute atomic E-state index is 0.175. The third-order valence-corrected chi connectivity index (χ3v) is 3.42. The number of carbonyl (C=O) groups excluding carboxylic acids is 3. The van der Waals surface area contributed by atoms with Crippen molar-refractivity contribution in [2.45, 2.75) is 0 Å². The Hall–Kier alpha value is -2.77. The maximum absolute atomic E-state index is 11.8. The Morgan fingerprint density at radius 1 is 0.960 bits per heavy atom. The van der Waals surface area contributed by atoms with Crippen molar-refractivity contribution in [1.29, 1.82) is 0 Å². The van der Waals surface area contributed by atoms with Crippen molar-refractivity contribution in [3.63, 3.8) is 0 Å². The molecule has 0 radical (unpaired) electrons. The maximum Gasteiger partial charge on any atom is 0.342 e. The minimum atomic E-state index is -0.931. The van der Waals surface area contributed by atoms with Crippen LogP contribution in [0.2, 0.25) is 10.0 Å². The van der Waals surface area contributed by atoms with Crippen LogP contribution < -0.4 is 10.9 Å². The lowest BCUT2D eigenvalue weighted by molar-refractivity contribution is -0.125. The molecule has 0 aliphatic rings. The van der Waals surface area contributed by atoms with Crippen LogP contribution in [-0.4, -0.2) is 29.5 Å². The quantitative estimate of drug-likeness (QED) is 0.555. The first-order chi connectivity index (χ1) is 11.9. The molecular weight excluding hydrogens is 371 g/mol. The van der Waals surface area contributed by atoms with Crippen molar-refractivity contribution >= 4 is 41.0 Å². The SMILES string of the molecule is O=C(COC(=O)c1cc(Cl)ccc1O)NNC(=O)c1ccc(Cl)cc1. The van der Waals surface area contributed by atoms with Crippen LogP contribution in [0.15, 0.2) is 42.5 Å². The van der Waals surface area contributed by atoms with E-state index in [-0.39, 0.29) is 21.9 Å². The van der Waals surface area contributed by atoms with E-state index >= 15 is 0 Å². The van der Waals surface area contributed by atoms with E-state index in [2.05, 4.69) is 10.9 Å². The third kappa shape index (κ3) is 5.37. The van der Waals surface area contributed by atoms with Crippen LogP contribution in [0.25, 0.3) is 0 Å². The minimum Gasteiger partial charge on any atom is -0.507 e. The first-order valence-electron chi connectivity index (χ1n) is 6.87. The van der Waals surface area contributed by atoms with Crippen molar-refractivity contribution in [2.24, 2.45) is 0 Å². The monoisotopic (exact) mass is 382 g/mol. The zero-order chi connectivity index (χ0) is 18.4. The van der Waals surface area contributed by atoms with E-state index in [1.165, 1.54) is 42.5 Å². The molecule has 0 aliphatic carbocycles. The number of hydrogen-bond donors (Lipinski definition) is 3. The fourth-order valence-electron chi connectivity index (χ4n) is 1.72. The van der Waals surface area contributed by atoms with Gasteiger partial charge in [0.05, 0.1) is 0 Å². The molecule has 2 rings (SSSR count). The van der Waals surface area contributed by atoms with Gasteiger partial charge < -0.3 is 9.84 Å². The lowest BCUT2D eigenvalue weighted by Crippen LogP contribution is -2.43. The van der Waals surface area contributed by atoms with Crippen molar-refractivity contribution in [3.05, 3.63) is 63.6 Å². The van der Waals surface area contributed by atoms with E-state index in [0.29, 0.717) is 5.02 Å². The zero-order valence-electron chi connectivity index (χ0n) is 12.6. The standard InChI is InChI=1S/C16H12Cl2N2O5/c17-10-3-1-9(2-4-10)15(23)20-19-14(22)8-25-16(24)12-7-11(18)5-6-13(12)21/h1-7,21H,8H2,(H,19,22)(H,20,23). The van der Waals surface area contributed by atoms with Crippen molar-refractivity contribution in [1.82, 2.24) is 10.9 Å². The Morgan fingerprint density at radius 2 is 1.60 bits per heavy atom. The van der Waals surface area contributed by atoms with Crippen molar-refractivity contribution in [3.8, 4) is 5.75 Å². The molecule has 2 aromatic carbocycles. The molecule has 2 amide bonds. The van der Waals surface area contributed by atoms with E-state index in [1.54, 1.807) is 0 Å². The second-order valence-corrected chi connectivity index (χ2v) is 5.62. The number of aromatic hydroxyl groups is 1. The summed E-state index contributed by atoms with van der Waals surface area (Å²) in [6, 6.07) is 9.84. The number of hydrazine groups is 1. The number of phenols is 1. The number of hydrogen-bond acceptors (Lipinski definition) is 5. The van der Waals surface area contributed by atoms with Gasteiger partial charge in [-0.25, -0.2) is 4.79 Å². The van der Waals surface area contributed by atoms with Gasteiger partial charge in [-0.2, -0.15) is 0 Å². The summed E-state index contributed by atoms with van der Waals surface area (Å²) < 4.78 is 4.74. The first kappa shape index (κ1) is 18.6. The molecule has 25 heavy (non-hydrogen) atoms. The van der Waals surface area contributed by atoms with Crippen LogP contribution >= 0.6 is 23.2 Å². The third-order valence-electron chi connectivity index (χ3n) is 2.93. The second kappa shape index (κ2) is 8.36. The molecule has 3 N–H and O–H groups in total. The largest absolute Gasteiger partial charge is 0.507 e. The lowest BCUT2D eigenvalue weighted by atomic mass is 10.2. The van der Waals surface area contributed by atoms with Crippen LogP contribution in [0, 0.1) is 0 Å². The summed E-state index contributed by atoms with van der Waals surface area (Å²) in [4.78, 5) is 35.2. The van der Waals surface area contributed by atoms with E-state index in [0.717, 1.165) is 0 Å². The van der Waals surface area contributed by atoms with Gasteiger partial charge in [0.25, 0.3) is 11.8 Å². The Labute approximate surface area is 152 Å². The molecular formula is C16H12Cl2N2O5. The fourth-order valence-corrected chi connectivity index (χ4v) is 2.01. The van der Waals surface area contributed by atoms with Crippen LogP contribution in [-0.2, 0) is 9.53 Å². The highest BCUT2D eigenvalue weighted by Gasteiger charge is 2.15. The summed E-state index contributed by atoms with van der Waals surface area (Å²) in [5, 5.41) is 10.3. The van der Waals surface area contributed by atoms with E-state index in [1.807, 2.05) is 0 Å². The molecule has 0 bridgehead atoms. The molecule has 130 valence electrons. The molecule has 9 heteroatoms. The summed E-state index contributed by atoms with van der Waals surface area (Å²) in [6.07, 6.45) is 0. The van der Waals surface area contributed by atoms with Crippen LogP contribution in [0.3, 0.4) is 0 Å². The predicted molar refractivity (Wildman–Crippen MR) is 90.5 cm³/mol. The van der Waals surface area contributed by atoms with Gasteiger partial charge >= 0.3 is 5.97 Å². The van der Waals surface area contributed by atoms with Crippen LogP contribution in [0.5, 0.6) is 5.75 Å². The topological polar surface area (TPSA) is 105 Å². The number of halogens is 2. The summed E-state index contributed by atoms with van der Waals surface area (Å²) in [5.74, 6) is -2.59. The Balaban J connectivity index is 1.82. The van der Waals surface area contributed by atoms with E-state index < -0.39 is 24.4 Å². The Morgan fingerprint density at radius 3 is 2.28 bits per heavy atom. The molecule has 0 heterocycles. The van der Waals surface area contributed by atoms with Gasteiger partial charge in [0, 0.05) is 15.6 Å². The molecule has 0 saturated heterocycles.